The highest BCUT2D eigenvalue weighted by Gasteiger charge is 2.31. The molecule has 2 heterocycles. The zero-order chi connectivity index (χ0) is 22.7. The first-order valence-electron chi connectivity index (χ1n) is 10.3. The standard InChI is InChI=1S/C22H24N4O4S2/c1-15-5-3-4-14-26(15)32(28,29)19-12-8-16(9-13-19)20(27)23-22-25-24-21(30-22)17-6-10-18(31-2)11-7-17/h6-13,15H,3-5,14H2,1-2H3,(H,23,25,27). The monoisotopic (exact) mass is 472 g/mol. The van der Waals surface area contributed by atoms with Gasteiger partial charge in [-0.25, -0.2) is 8.42 Å². The smallest absolute Gasteiger partial charge is 0.322 e. The minimum atomic E-state index is -3.59. The third kappa shape index (κ3) is 4.72. The van der Waals surface area contributed by atoms with Gasteiger partial charge in [-0.15, -0.1) is 16.9 Å². The molecule has 1 aliphatic rings. The zero-order valence-corrected chi connectivity index (χ0v) is 19.4. The van der Waals surface area contributed by atoms with E-state index >= 15 is 0 Å². The summed E-state index contributed by atoms with van der Waals surface area (Å²) in [6.07, 6.45) is 4.74. The Morgan fingerprint density at radius 1 is 1.09 bits per heavy atom. The summed E-state index contributed by atoms with van der Waals surface area (Å²) in [5, 5.41) is 10.4. The van der Waals surface area contributed by atoms with Crippen LogP contribution in [0.5, 0.6) is 0 Å². The first kappa shape index (κ1) is 22.5. The molecule has 8 nitrogen and oxygen atoms in total. The molecule has 1 amide bonds. The summed E-state index contributed by atoms with van der Waals surface area (Å²) in [5.41, 5.74) is 1.04. The molecule has 0 aliphatic carbocycles. The molecule has 3 aromatic rings. The predicted octanol–water partition coefficient (Wildman–Crippen LogP) is 4.27. The molecule has 32 heavy (non-hydrogen) atoms. The van der Waals surface area contributed by atoms with Gasteiger partial charge in [-0.05, 0) is 74.6 Å². The molecule has 1 aromatic heterocycles. The molecule has 0 radical (unpaired) electrons. The highest BCUT2D eigenvalue weighted by atomic mass is 32.2. The van der Waals surface area contributed by atoms with Crippen molar-refractivity contribution in [3.63, 3.8) is 0 Å². The first-order chi connectivity index (χ1) is 15.4. The maximum absolute atomic E-state index is 12.9. The molecule has 1 fully saturated rings. The number of nitrogens with one attached hydrogen (secondary N) is 1. The second kappa shape index (κ2) is 9.43. The van der Waals surface area contributed by atoms with Gasteiger partial charge in [0, 0.05) is 28.6 Å². The van der Waals surface area contributed by atoms with E-state index in [0.29, 0.717) is 18.0 Å². The van der Waals surface area contributed by atoms with E-state index in [2.05, 4.69) is 15.5 Å². The Morgan fingerprint density at radius 3 is 2.47 bits per heavy atom. The van der Waals surface area contributed by atoms with Crippen molar-refractivity contribution in [3.8, 4) is 11.5 Å². The van der Waals surface area contributed by atoms with Gasteiger partial charge in [0.2, 0.25) is 15.9 Å². The minimum Gasteiger partial charge on any atom is -0.403 e. The Kier molecular flexibility index (Phi) is 6.63. The van der Waals surface area contributed by atoms with E-state index in [4.69, 9.17) is 4.42 Å². The molecular weight excluding hydrogens is 448 g/mol. The number of carbonyl (C=O) groups is 1. The summed E-state index contributed by atoms with van der Waals surface area (Å²) >= 11 is 1.63. The third-order valence-corrected chi connectivity index (χ3v) is 8.22. The number of benzene rings is 2. The van der Waals surface area contributed by atoms with Crippen LogP contribution >= 0.6 is 11.8 Å². The fraction of sp³-hybridized carbons (Fsp3) is 0.318. The SMILES string of the molecule is CSc1ccc(-c2nnc(NC(=O)c3ccc(S(=O)(=O)N4CCCCC4C)cc3)o2)cc1. The van der Waals surface area contributed by atoms with Crippen molar-refractivity contribution in [1.82, 2.24) is 14.5 Å². The van der Waals surface area contributed by atoms with Crippen LogP contribution in [0.25, 0.3) is 11.5 Å². The molecule has 0 bridgehead atoms. The maximum atomic E-state index is 12.9. The highest BCUT2D eigenvalue weighted by molar-refractivity contribution is 7.98. The number of hydrogen-bond acceptors (Lipinski definition) is 7. The third-order valence-electron chi connectivity index (χ3n) is 5.45. The van der Waals surface area contributed by atoms with E-state index in [1.54, 1.807) is 11.8 Å². The number of rotatable bonds is 6. The highest BCUT2D eigenvalue weighted by Crippen LogP contribution is 2.26. The number of piperidine rings is 1. The van der Waals surface area contributed by atoms with E-state index < -0.39 is 15.9 Å². The second-order valence-corrected chi connectivity index (χ2v) is 10.4. The topological polar surface area (TPSA) is 105 Å². The summed E-state index contributed by atoms with van der Waals surface area (Å²) in [6.45, 7) is 2.44. The van der Waals surface area contributed by atoms with Crippen molar-refractivity contribution in [1.29, 1.82) is 0 Å². The lowest BCUT2D eigenvalue weighted by molar-refractivity contribution is 0.102. The van der Waals surface area contributed by atoms with Crippen molar-refractivity contribution in [2.75, 3.05) is 18.1 Å². The quantitative estimate of drug-likeness (QED) is 0.534. The van der Waals surface area contributed by atoms with Gasteiger partial charge in [0.15, 0.2) is 0 Å². The second-order valence-electron chi connectivity index (χ2n) is 7.58. The van der Waals surface area contributed by atoms with Crippen molar-refractivity contribution in [2.45, 2.75) is 42.0 Å². The molecule has 2 aromatic carbocycles. The molecule has 10 heteroatoms. The molecule has 1 N–H and O–H groups in total. The van der Waals surface area contributed by atoms with Crippen LogP contribution in [0.1, 0.15) is 36.5 Å². The Labute approximate surface area is 191 Å². The predicted molar refractivity (Wildman–Crippen MR) is 123 cm³/mol. The molecule has 0 saturated carbocycles. The maximum Gasteiger partial charge on any atom is 0.322 e. The Hall–Kier alpha value is -2.69. The van der Waals surface area contributed by atoms with Gasteiger partial charge in [-0.3, -0.25) is 10.1 Å². The Bertz CT molecular complexity index is 1190. The van der Waals surface area contributed by atoms with Crippen LogP contribution in [0.3, 0.4) is 0 Å². The van der Waals surface area contributed by atoms with E-state index in [9.17, 15) is 13.2 Å². The van der Waals surface area contributed by atoms with Crippen molar-refractivity contribution < 1.29 is 17.6 Å². The Balaban J connectivity index is 1.45. The molecule has 1 aliphatic heterocycles. The number of thioether (sulfide) groups is 1. The molecule has 0 spiro atoms. The van der Waals surface area contributed by atoms with Crippen LogP contribution in [-0.2, 0) is 10.0 Å². The summed E-state index contributed by atoms with van der Waals surface area (Å²) in [4.78, 5) is 13.8. The van der Waals surface area contributed by atoms with Crippen LogP contribution in [0.4, 0.5) is 6.01 Å². The summed E-state index contributed by atoms with van der Waals surface area (Å²) in [5.74, 6) is -0.168. The fourth-order valence-electron chi connectivity index (χ4n) is 3.64. The van der Waals surface area contributed by atoms with Gasteiger partial charge in [0.1, 0.15) is 0 Å². The van der Waals surface area contributed by atoms with Crippen LogP contribution in [-0.4, -0.2) is 47.7 Å². The zero-order valence-electron chi connectivity index (χ0n) is 17.8. The fourth-order valence-corrected chi connectivity index (χ4v) is 5.74. The summed E-state index contributed by atoms with van der Waals surface area (Å²) in [6, 6.07) is 13.4. The summed E-state index contributed by atoms with van der Waals surface area (Å²) < 4.78 is 33.0. The van der Waals surface area contributed by atoms with E-state index in [-0.39, 0.29) is 17.0 Å². The van der Waals surface area contributed by atoms with Gasteiger partial charge in [-0.2, -0.15) is 4.31 Å². The lowest BCUT2D eigenvalue weighted by Gasteiger charge is -2.32. The lowest BCUT2D eigenvalue weighted by atomic mass is 10.1. The van der Waals surface area contributed by atoms with E-state index in [1.807, 2.05) is 37.4 Å². The van der Waals surface area contributed by atoms with Crippen molar-refractivity contribution >= 4 is 33.7 Å². The van der Waals surface area contributed by atoms with E-state index in [0.717, 1.165) is 29.7 Å². The molecule has 168 valence electrons. The number of carbonyl (C=O) groups excluding carboxylic acids is 1. The summed E-state index contributed by atoms with van der Waals surface area (Å²) in [7, 11) is -3.59. The van der Waals surface area contributed by atoms with Crippen molar-refractivity contribution in [2.24, 2.45) is 0 Å². The molecule has 1 atom stereocenters. The van der Waals surface area contributed by atoms with Gasteiger partial charge >= 0.3 is 6.01 Å². The van der Waals surface area contributed by atoms with Crippen LogP contribution in [0, 0.1) is 0 Å². The average molecular weight is 473 g/mol. The van der Waals surface area contributed by atoms with Crippen LogP contribution in [0.2, 0.25) is 0 Å². The van der Waals surface area contributed by atoms with Gasteiger partial charge in [0.05, 0.1) is 4.90 Å². The normalized spacial score (nSPS) is 17.2. The van der Waals surface area contributed by atoms with Crippen LogP contribution < -0.4 is 5.32 Å². The number of aromatic nitrogens is 2. The number of sulfonamides is 1. The molecule has 1 saturated heterocycles. The average Bonchev–Trinajstić information content (AvgIpc) is 3.28. The molecule has 1 unspecified atom stereocenters. The van der Waals surface area contributed by atoms with Gasteiger partial charge in [-0.1, -0.05) is 11.5 Å². The largest absolute Gasteiger partial charge is 0.403 e. The minimum absolute atomic E-state index is 0.0274. The number of amides is 1. The Morgan fingerprint density at radius 2 is 1.81 bits per heavy atom. The first-order valence-corrected chi connectivity index (χ1v) is 13.0. The number of hydrogen-bond donors (Lipinski definition) is 1. The van der Waals surface area contributed by atoms with Gasteiger partial charge in [0.25, 0.3) is 5.91 Å². The number of nitrogens with zero attached hydrogens (tertiary/aromatic N) is 3. The van der Waals surface area contributed by atoms with Crippen molar-refractivity contribution in [3.05, 3.63) is 54.1 Å². The lowest BCUT2D eigenvalue weighted by Crippen LogP contribution is -2.41. The number of anilines is 1. The van der Waals surface area contributed by atoms with Gasteiger partial charge < -0.3 is 4.42 Å². The van der Waals surface area contributed by atoms with Crippen LogP contribution in [0.15, 0.2) is 62.7 Å². The molecule has 4 rings (SSSR count). The molecular formula is C22H24N4O4S2. The van der Waals surface area contributed by atoms with E-state index in [1.165, 1.54) is 28.6 Å².